The molecule has 0 aliphatic carbocycles. The van der Waals surface area contributed by atoms with Crippen LogP contribution in [0.5, 0.6) is 0 Å². The van der Waals surface area contributed by atoms with Gasteiger partial charge in [0.25, 0.3) is 5.91 Å². The number of likely N-dealkylation sites (tertiary alicyclic amines) is 2. The zero-order chi connectivity index (χ0) is 36.2. The minimum absolute atomic E-state index is 0.0116. The summed E-state index contributed by atoms with van der Waals surface area (Å²) in [7, 11) is 1.42. The average molecular weight is 715 g/mol. The van der Waals surface area contributed by atoms with Crippen molar-refractivity contribution in [2.24, 2.45) is 0 Å². The van der Waals surface area contributed by atoms with Gasteiger partial charge in [-0.2, -0.15) is 5.10 Å². The van der Waals surface area contributed by atoms with Crippen LogP contribution in [0, 0.1) is 6.92 Å². The Hall–Kier alpha value is -4.69. The van der Waals surface area contributed by atoms with Crippen molar-refractivity contribution >= 4 is 40.6 Å². The normalized spacial score (nSPS) is 20.3. The van der Waals surface area contributed by atoms with Gasteiger partial charge in [-0.15, -0.1) is 0 Å². The maximum absolute atomic E-state index is 14.2. The number of urea groups is 1. The standard InChI is InChI=1S/C38H50N8O6/c1-26-21-27(22-29-24-39-41-35(26)29)23-33(36(48)44-12-8-30(9-13-44)43-19-17-42(18-20-43)25-34(47)51-2)52-38(50)45-14-10-31(11-15-45)46-16-7-28-5-3-4-6-32(28)40-37(46)49/h3-6,21-22,24,30-31,33H,7-20,23,25H2,1-2H3,(H,39,41)(H,40,49)/t33-/m1/s1. The Bertz CT molecular complexity index is 1760. The number of nitrogens with zero attached hydrogens (tertiary/aromatic N) is 6. The number of fused-ring (bicyclic) bond motifs is 2. The second kappa shape index (κ2) is 15.9. The van der Waals surface area contributed by atoms with Crippen molar-refractivity contribution in [1.82, 2.24) is 34.7 Å². The number of para-hydroxylation sites is 1. The van der Waals surface area contributed by atoms with Gasteiger partial charge in [0.1, 0.15) is 0 Å². The number of piperazine rings is 1. The maximum Gasteiger partial charge on any atom is 0.410 e. The molecule has 7 rings (SSSR count). The number of aromatic amines is 1. The average Bonchev–Trinajstić information content (AvgIpc) is 3.58. The van der Waals surface area contributed by atoms with Gasteiger partial charge in [-0.25, -0.2) is 9.59 Å². The number of amides is 4. The van der Waals surface area contributed by atoms with E-state index < -0.39 is 12.2 Å². The summed E-state index contributed by atoms with van der Waals surface area (Å²) in [6, 6.07) is 12.2. The van der Waals surface area contributed by atoms with Crippen molar-refractivity contribution in [2.75, 3.05) is 77.9 Å². The molecule has 278 valence electrons. The van der Waals surface area contributed by atoms with Crippen molar-refractivity contribution in [3.63, 3.8) is 0 Å². The number of methoxy groups -OCH3 is 1. The highest BCUT2D eigenvalue weighted by atomic mass is 16.6. The molecular weight excluding hydrogens is 664 g/mol. The number of piperidine rings is 2. The van der Waals surface area contributed by atoms with Crippen LogP contribution in [0.1, 0.15) is 42.4 Å². The van der Waals surface area contributed by atoms with E-state index in [1.165, 1.54) is 7.11 Å². The summed E-state index contributed by atoms with van der Waals surface area (Å²) >= 11 is 0. The lowest BCUT2D eigenvalue weighted by atomic mass is 9.99. The molecule has 0 saturated carbocycles. The highest BCUT2D eigenvalue weighted by molar-refractivity contribution is 5.91. The largest absolute Gasteiger partial charge is 0.468 e. The fourth-order valence-electron chi connectivity index (χ4n) is 8.31. The number of benzene rings is 2. The van der Waals surface area contributed by atoms with Gasteiger partial charge < -0.3 is 29.5 Å². The molecule has 4 aliphatic heterocycles. The lowest BCUT2D eigenvalue weighted by Crippen LogP contribution is -2.55. The van der Waals surface area contributed by atoms with Crippen molar-refractivity contribution in [2.45, 2.75) is 63.6 Å². The molecule has 0 bridgehead atoms. The first kappa shape index (κ1) is 35.7. The van der Waals surface area contributed by atoms with Gasteiger partial charge in [-0.1, -0.05) is 24.3 Å². The number of hydrogen-bond acceptors (Lipinski definition) is 9. The number of esters is 1. The van der Waals surface area contributed by atoms with E-state index in [0.29, 0.717) is 58.2 Å². The smallest absolute Gasteiger partial charge is 0.410 e. The van der Waals surface area contributed by atoms with Crippen LogP contribution in [0.3, 0.4) is 0 Å². The van der Waals surface area contributed by atoms with Gasteiger partial charge in [-0.3, -0.25) is 24.5 Å². The fraction of sp³-hybridized carbons (Fsp3) is 0.553. The Morgan fingerprint density at radius 1 is 0.904 bits per heavy atom. The van der Waals surface area contributed by atoms with E-state index in [-0.39, 0.29) is 30.4 Å². The summed E-state index contributed by atoms with van der Waals surface area (Å²) in [5.41, 5.74) is 4.84. The number of rotatable bonds is 8. The Kier molecular flexibility index (Phi) is 10.9. The number of aromatic nitrogens is 2. The highest BCUT2D eigenvalue weighted by Crippen LogP contribution is 2.27. The van der Waals surface area contributed by atoms with Crippen LogP contribution >= 0.6 is 0 Å². The Morgan fingerprint density at radius 3 is 2.37 bits per heavy atom. The third-order valence-corrected chi connectivity index (χ3v) is 11.3. The molecule has 14 heteroatoms. The molecule has 0 unspecified atom stereocenters. The summed E-state index contributed by atoms with van der Waals surface area (Å²) in [5.74, 6) is -0.385. The Morgan fingerprint density at radius 2 is 1.62 bits per heavy atom. The van der Waals surface area contributed by atoms with Gasteiger partial charge in [-0.05, 0) is 67.9 Å². The third-order valence-electron chi connectivity index (χ3n) is 11.3. The number of hydrogen-bond donors (Lipinski definition) is 2. The van der Waals surface area contributed by atoms with Gasteiger partial charge in [0.15, 0.2) is 6.10 Å². The number of carbonyl (C=O) groups is 4. The van der Waals surface area contributed by atoms with Crippen LogP contribution in [-0.4, -0.2) is 149 Å². The molecule has 1 aromatic heterocycles. The molecule has 3 aromatic rings. The van der Waals surface area contributed by atoms with E-state index in [4.69, 9.17) is 9.47 Å². The molecule has 0 spiro atoms. The molecule has 3 fully saturated rings. The second-order valence-corrected chi connectivity index (χ2v) is 14.5. The summed E-state index contributed by atoms with van der Waals surface area (Å²) in [6.45, 7) is 8.37. The molecule has 2 aromatic carbocycles. The van der Waals surface area contributed by atoms with Crippen LogP contribution in [0.4, 0.5) is 15.3 Å². The quantitative estimate of drug-likeness (QED) is 0.336. The van der Waals surface area contributed by atoms with Crippen LogP contribution < -0.4 is 5.32 Å². The number of anilines is 1. The van der Waals surface area contributed by atoms with E-state index >= 15 is 0 Å². The van der Waals surface area contributed by atoms with E-state index in [0.717, 1.165) is 78.7 Å². The van der Waals surface area contributed by atoms with E-state index in [1.54, 1.807) is 11.1 Å². The van der Waals surface area contributed by atoms with Crippen LogP contribution in [0.25, 0.3) is 10.9 Å². The van der Waals surface area contributed by atoms with Gasteiger partial charge in [0, 0.05) is 88.5 Å². The number of H-pyrrole nitrogens is 1. The predicted octanol–water partition coefficient (Wildman–Crippen LogP) is 3.26. The summed E-state index contributed by atoms with van der Waals surface area (Å²) < 4.78 is 11.0. The third kappa shape index (κ3) is 8.02. The molecule has 14 nitrogen and oxygen atoms in total. The fourth-order valence-corrected chi connectivity index (χ4v) is 8.31. The second-order valence-electron chi connectivity index (χ2n) is 14.5. The van der Waals surface area contributed by atoms with E-state index in [9.17, 15) is 19.2 Å². The lowest BCUT2D eigenvalue weighted by molar-refractivity contribution is -0.142. The molecular formula is C38H50N8O6. The predicted molar refractivity (Wildman–Crippen MR) is 195 cm³/mol. The first-order chi connectivity index (χ1) is 25.2. The van der Waals surface area contributed by atoms with Crippen LogP contribution in [-0.2, 0) is 31.9 Å². The first-order valence-corrected chi connectivity index (χ1v) is 18.6. The summed E-state index contributed by atoms with van der Waals surface area (Å²) in [6.07, 6.45) is 4.29. The minimum atomic E-state index is -0.970. The maximum atomic E-state index is 14.2. The van der Waals surface area contributed by atoms with Crippen molar-refractivity contribution < 1.29 is 28.7 Å². The van der Waals surface area contributed by atoms with Gasteiger partial charge >= 0.3 is 18.1 Å². The number of carbonyl (C=O) groups excluding carboxylic acids is 4. The monoisotopic (exact) mass is 714 g/mol. The zero-order valence-corrected chi connectivity index (χ0v) is 30.2. The molecule has 3 saturated heterocycles. The number of nitrogens with one attached hydrogen (secondary N) is 2. The molecule has 1 atom stereocenters. The van der Waals surface area contributed by atoms with Crippen LogP contribution in [0.2, 0.25) is 0 Å². The van der Waals surface area contributed by atoms with Gasteiger partial charge in [0.2, 0.25) is 0 Å². The van der Waals surface area contributed by atoms with Crippen molar-refractivity contribution in [3.8, 4) is 0 Å². The SMILES string of the molecule is COC(=O)CN1CCN(C2CCN(C(=O)[C@@H](Cc3cc(C)c4[nH]ncc4c3)OC(=O)N3CCC(N4CCc5ccccc5NC4=O)CC3)CC2)CC1. The number of aryl methyl sites for hydroxylation is 1. The summed E-state index contributed by atoms with van der Waals surface area (Å²) in [4.78, 5) is 62.8. The summed E-state index contributed by atoms with van der Waals surface area (Å²) in [5, 5.41) is 11.2. The van der Waals surface area contributed by atoms with Crippen molar-refractivity contribution in [1.29, 1.82) is 0 Å². The molecule has 4 aliphatic rings. The van der Waals surface area contributed by atoms with Crippen LogP contribution in [0.15, 0.2) is 42.6 Å². The number of ether oxygens (including phenoxy) is 2. The lowest BCUT2D eigenvalue weighted by Gasteiger charge is -2.43. The topological polar surface area (TPSA) is 144 Å². The highest BCUT2D eigenvalue weighted by Gasteiger charge is 2.37. The minimum Gasteiger partial charge on any atom is -0.468 e. The van der Waals surface area contributed by atoms with Gasteiger partial charge in [0.05, 0.1) is 25.4 Å². The molecule has 5 heterocycles. The van der Waals surface area contributed by atoms with Crippen molar-refractivity contribution in [3.05, 3.63) is 59.3 Å². The van der Waals surface area contributed by atoms with E-state index in [2.05, 4.69) is 25.3 Å². The Balaban J connectivity index is 0.970. The zero-order valence-electron chi connectivity index (χ0n) is 30.2. The van der Waals surface area contributed by atoms with E-state index in [1.807, 2.05) is 53.1 Å². The molecule has 2 N–H and O–H groups in total. The molecule has 52 heavy (non-hydrogen) atoms. The Labute approximate surface area is 304 Å². The first-order valence-electron chi connectivity index (χ1n) is 18.6. The molecule has 0 radical (unpaired) electrons. The molecule has 4 amide bonds.